The lowest BCUT2D eigenvalue weighted by Crippen LogP contribution is -2.11. The summed E-state index contributed by atoms with van der Waals surface area (Å²) in [5, 5.41) is 10.9. The van der Waals surface area contributed by atoms with Gasteiger partial charge in [-0.25, -0.2) is 9.59 Å². The van der Waals surface area contributed by atoms with Crippen molar-refractivity contribution in [2.24, 2.45) is 0 Å². The maximum atomic E-state index is 12.1. The van der Waals surface area contributed by atoms with E-state index in [-0.39, 0.29) is 11.1 Å². The molecule has 0 N–H and O–H groups in total. The van der Waals surface area contributed by atoms with Crippen LogP contribution in [0, 0.1) is 10.1 Å². The highest BCUT2D eigenvalue weighted by Gasteiger charge is 2.19. The molecule has 0 saturated heterocycles. The van der Waals surface area contributed by atoms with Crippen molar-refractivity contribution in [2.45, 2.75) is 0 Å². The number of esters is 2. The number of non-ortho nitro benzene ring substituents is 1. The third-order valence-electron chi connectivity index (χ3n) is 2.74. The predicted molar refractivity (Wildman–Crippen MR) is 75.8 cm³/mol. The van der Waals surface area contributed by atoms with Gasteiger partial charge in [0.05, 0.1) is 23.2 Å². The molecule has 22 heavy (non-hydrogen) atoms. The number of hydrogen-bond acceptors (Lipinski definition) is 6. The molecule has 0 aliphatic carbocycles. The number of para-hydroxylation sites is 1. The Morgan fingerprint density at radius 2 is 1.59 bits per heavy atom. The summed E-state index contributed by atoms with van der Waals surface area (Å²) in [6.07, 6.45) is 0. The minimum absolute atomic E-state index is 0.100. The van der Waals surface area contributed by atoms with Gasteiger partial charge in [-0.15, -0.1) is 0 Å². The van der Waals surface area contributed by atoms with E-state index < -0.39 is 22.5 Å². The highest BCUT2D eigenvalue weighted by atomic mass is 16.6. The zero-order chi connectivity index (χ0) is 16.1. The number of ether oxygens (including phenoxy) is 2. The smallest absolute Gasteiger partial charge is 0.343 e. The van der Waals surface area contributed by atoms with E-state index in [1.165, 1.54) is 6.07 Å². The van der Waals surface area contributed by atoms with Crippen LogP contribution in [0.3, 0.4) is 0 Å². The monoisotopic (exact) mass is 301 g/mol. The van der Waals surface area contributed by atoms with Crippen molar-refractivity contribution in [1.82, 2.24) is 0 Å². The molecule has 2 aromatic rings. The zero-order valence-corrected chi connectivity index (χ0v) is 11.5. The average molecular weight is 301 g/mol. The number of rotatable bonds is 4. The number of benzene rings is 2. The Kier molecular flexibility index (Phi) is 4.47. The quantitative estimate of drug-likeness (QED) is 0.373. The Hall–Kier alpha value is -3.22. The molecule has 0 heterocycles. The summed E-state index contributed by atoms with van der Waals surface area (Å²) in [6, 6.07) is 11.5. The van der Waals surface area contributed by atoms with Gasteiger partial charge < -0.3 is 9.47 Å². The van der Waals surface area contributed by atoms with Crippen molar-refractivity contribution in [3.63, 3.8) is 0 Å². The van der Waals surface area contributed by atoms with Gasteiger partial charge in [-0.1, -0.05) is 18.2 Å². The van der Waals surface area contributed by atoms with Crippen LogP contribution in [0.2, 0.25) is 0 Å². The minimum Gasteiger partial charge on any atom is -0.465 e. The van der Waals surface area contributed by atoms with Crippen LogP contribution in [-0.4, -0.2) is 24.0 Å². The topological polar surface area (TPSA) is 95.7 Å². The molecule has 7 heteroatoms. The van der Waals surface area contributed by atoms with Gasteiger partial charge >= 0.3 is 11.9 Å². The molecule has 7 nitrogen and oxygen atoms in total. The third kappa shape index (κ3) is 3.45. The maximum absolute atomic E-state index is 12.1. The second-order valence-electron chi connectivity index (χ2n) is 4.22. The lowest BCUT2D eigenvalue weighted by molar-refractivity contribution is -0.384. The van der Waals surface area contributed by atoms with Gasteiger partial charge in [-0.3, -0.25) is 10.1 Å². The highest BCUT2D eigenvalue weighted by Crippen LogP contribution is 2.20. The van der Waals surface area contributed by atoms with Gasteiger partial charge in [-0.2, -0.15) is 0 Å². The molecule has 0 atom stereocenters. The second kappa shape index (κ2) is 6.49. The van der Waals surface area contributed by atoms with Crippen molar-refractivity contribution in [1.29, 1.82) is 0 Å². The van der Waals surface area contributed by atoms with Crippen LogP contribution < -0.4 is 4.74 Å². The Labute approximate surface area is 125 Å². The van der Waals surface area contributed by atoms with Gasteiger partial charge in [-0.05, 0) is 18.2 Å². The number of nitro benzene ring substituents is 1. The summed E-state index contributed by atoms with van der Waals surface area (Å²) in [5.41, 5.74) is -0.613. The number of carbonyl (C=O) groups excluding carboxylic acids is 2. The molecule has 0 aliphatic rings. The summed E-state index contributed by atoms with van der Waals surface area (Å²) in [4.78, 5) is 33.8. The Morgan fingerprint density at radius 1 is 1.00 bits per heavy atom. The first-order valence-corrected chi connectivity index (χ1v) is 6.16. The van der Waals surface area contributed by atoms with E-state index in [9.17, 15) is 19.7 Å². The van der Waals surface area contributed by atoms with E-state index in [0.29, 0.717) is 5.75 Å². The standard InChI is InChI=1S/C15H11NO6/c1-21-14(17)10-7-11(9-12(8-10)16(19)20)15(18)22-13-5-3-2-4-6-13/h2-9H,1H3. The maximum Gasteiger partial charge on any atom is 0.343 e. The normalized spacial score (nSPS) is 9.86. The van der Waals surface area contributed by atoms with Crippen LogP contribution in [0.4, 0.5) is 5.69 Å². The Bertz CT molecular complexity index is 726. The summed E-state index contributed by atoms with van der Waals surface area (Å²) < 4.78 is 9.60. The van der Waals surface area contributed by atoms with Crippen LogP contribution in [0.1, 0.15) is 20.7 Å². The van der Waals surface area contributed by atoms with Gasteiger partial charge in [0.25, 0.3) is 5.69 Å². The van der Waals surface area contributed by atoms with E-state index in [1.807, 2.05) is 0 Å². The molecule has 0 aromatic heterocycles. The molecule has 0 bridgehead atoms. The number of methoxy groups -OCH3 is 1. The van der Waals surface area contributed by atoms with Gasteiger partial charge in [0.1, 0.15) is 5.75 Å². The predicted octanol–water partition coefficient (Wildman–Crippen LogP) is 2.60. The lowest BCUT2D eigenvalue weighted by Gasteiger charge is -2.06. The highest BCUT2D eigenvalue weighted by molar-refractivity contribution is 5.97. The van der Waals surface area contributed by atoms with Crippen molar-refractivity contribution in [3.05, 3.63) is 69.8 Å². The largest absolute Gasteiger partial charge is 0.465 e. The molecule has 0 amide bonds. The molecule has 0 fully saturated rings. The van der Waals surface area contributed by atoms with Crippen LogP contribution in [0.25, 0.3) is 0 Å². The molecule has 112 valence electrons. The van der Waals surface area contributed by atoms with E-state index in [1.54, 1.807) is 30.3 Å². The number of nitro groups is 1. The average Bonchev–Trinajstić information content (AvgIpc) is 2.54. The molecule has 0 spiro atoms. The Balaban J connectivity index is 2.36. The molecular weight excluding hydrogens is 290 g/mol. The van der Waals surface area contributed by atoms with E-state index in [4.69, 9.17) is 4.74 Å². The van der Waals surface area contributed by atoms with Crippen LogP contribution in [-0.2, 0) is 4.74 Å². The van der Waals surface area contributed by atoms with Crippen LogP contribution in [0.5, 0.6) is 5.75 Å². The molecule has 2 aromatic carbocycles. The SMILES string of the molecule is COC(=O)c1cc(C(=O)Oc2ccccc2)cc([N+](=O)[O-])c1. The first-order chi connectivity index (χ1) is 10.5. The summed E-state index contributed by atoms with van der Waals surface area (Å²) in [5.74, 6) is -1.30. The fourth-order valence-electron chi connectivity index (χ4n) is 1.72. The fourth-order valence-corrected chi connectivity index (χ4v) is 1.72. The van der Waals surface area contributed by atoms with E-state index in [0.717, 1.165) is 19.2 Å². The van der Waals surface area contributed by atoms with Crippen LogP contribution >= 0.6 is 0 Å². The van der Waals surface area contributed by atoms with E-state index >= 15 is 0 Å². The molecular formula is C15H11NO6. The molecule has 0 saturated carbocycles. The van der Waals surface area contributed by atoms with Gasteiger partial charge in [0.15, 0.2) is 0 Å². The van der Waals surface area contributed by atoms with Crippen molar-refractivity contribution in [3.8, 4) is 5.75 Å². The molecule has 0 unspecified atom stereocenters. The first-order valence-electron chi connectivity index (χ1n) is 6.16. The molecule has 2 rings (SSSR count). The zero-order valence-electron chi connectivity index (χ0n) is 11.5. The third-order valence-corrected chi connectivity index (χ3v) is 2.74. The van der Waals surface area contributed by atoms with Gasteiger partial charge in [0, 0.05) is 12.1 Å². The van der Waals surface area contributed by atoms with E-state index in [2.05, 4.69) is 4.74 Å². The number of hydrogen-bond donors (Lipinski definition) is 0. The summed E-state index contributed by atoms with van der Waals surface area (Å²) in [7, 11) is 1.14. The number of nitrogens with zero attached hydrogens (tertiary/aromatic N) is 1. The molecule has 0 aliphatic heterocycles. The second-order valence-corrected chi connectivity index (χ2v) is 4.22. The Morgan fingerprint density at radius 3 is 2.14 bits per heavy atom. The van der Waals surface area contributed by atoms with Crippen molar-refractivity contribution >= 4 is 17.6 Å². The summed E-state index contributed by atoms with van der Waals surface area (Å²) >= 11 is 0. The van der Waals surface area contributed by atoms with Crippen molar-refractivity contribution in [2.75, 3.05) is 7.11 Å². The van der Waals surface area contributed by atoms with Crippen LogP contribution in [0.15, 0.2) is 48.5 Å². The minimum atomic E-state index is -0.806. The lowest BCUT2D eigenvalue weighted by atomic mass is 10.1. The number of carbonyl (C=O) groups is 2. The van der Waals surface area contributed by atoms with Gasteiger partial charge in [0.2, 0.25) is 0 Å². The molecule has 0 radical (unpaired) electrons. The fraction of sp³-hybridized carbons (Fsp3) is 0.0667. The first kappa shape index (κ1) is 15.2. The summed E-state index contributed by atoms with van der Waals surface area (Å²) in [6.45, 7) is 0. The van der Waals surface area contributed by atoms with Crippen molar-refractivity contribution < 1.29 is 24.0 Å².